The summed E-state index contributed by atoms with van der Waals surface area (Å²) in [5.74, 6) is 1.31. The number of hydrogen-bond acceptors (Lipinski definition) is 4. The van der Waals surface area contributed by atoms with E-state index >= 15 is 0 Å². The average molecular weight is 309 g/mol. The van der Waals surface area contributed by atoms with Gasteiger partial charge in [0.2, 0.25) is 5.88 Å². The molecule has 0 unspecified atom stereocenters. The molecule has 1 aromatic heterocycles. The van der Waals surface area contributed by atoms with E-state index in [1.165, 1.54) is 6.20 Å². The lowest BCUT2D eigenvalue weighted by Crippen LogP contribution is -2.25. The summed E-state index contributed by atoms with van der Waals surface area (Å²) in [5, 5.41) is 11.7. The van der Waals surface area contributed by atoms with Crippen molar-refractivity contribution in [2.45, 2.75) is 20.3 Å². The lowest BCUT2D eigenvalue weighted by atomic mass is 10.1. The molecule has 0 aliphatic rings. The van der Waals surface area contributed by atoms with Gasteiger partial charge in [0.25, 0.3) is 5.91 Å². The third kappa shape index (κ3) is 5.11. The standard InChI is InChI=1S/C18H19N3O2/c1-13(2)8-9-20-18(22)15-6-7-17(21-12-15)23-16-5-3-4-14(10-16)11-19/h3-7,10,12-13H,8-9H2,1-2H3,(H,20,22). The zero-order valence-corrected chi connectivity index (χ0v) is 13.2. The van der Waals surface area contributed by atoms with Crippen LogP contribution in [0.5, 0.6) is 11.6 Å². The second-order valence-electron chi connectivity index (χ2n) is 5.57. The van der Waals surface area contributed by atoms with Crippen LogP contribution in [0.25, 0.3) is 0 Å². The van der Waals surface area contributed by atoms with Crippen LogP contribution in [0.4, 0.5) is 0 Å². The second-order valence-corrected chi connectivity index (χ2v) is 5.57. The van der Waals surface area contributed by atoms with E-state index in [0.29, 0.717) is 35.2 Å². The summed E-state index contributed by atoms with van der Waals surface area (Å²) in [5.41, 5.74) is 1.01. The molecular formula is C18H19N3O2. The van der Waals surface area contributed by atoms with Crippen molar-refractivity contribution in [1.82, 2.24) is 10.3 Å². The molecular weight excluding hydrogens is 290 g/mol. The van der Waals surface area contributed by atoms with Gasteiger partial charge in [-0.1, -0.05) is 19.9 Å². The predicted molar refractivity (Wildman–Crippen MR) is 87.3 cm³/mol. The van der Waals surface area contributed by atoms with E-state index in [1.807, 2.05) is 0 Å². The molecule has 0 atom stereocenters. The van der Waals surface area contributed by atoms with Crippen LogP contribution in [0, 0.1) is 17.2 Å². The Morgan fingerprint density at radius 3 is 2.83 bits per heavy atom. The van der Waals surface area contributed by atoms with Crippen molar-refractivity contribution in [3.05, 3.63) is 53.7 Å². The zero-order chi connectivity index (χ0) is 16.7. The quantitative estimate of drug-likeness (QED) is 0.886. The molecule has 2 rings (SSSR count). The van der Waals surface area contributed by atoms with Gasteiger partial charge in [0.1, 0.15) is 5.75 Å². The molecule has 0 bridgehead atoms. The van der Waals surface area contributed by atoms with E-state index in [-0.39, 0.29) is 5.91 Å². The minimum Gasteiger partial charge on any atom is -0.439 e. The van der Waals surface area contributed by atoms with E-state index in [4.69, 9.17) is 10.00 Å². The van der Waals surface area contributed by atoms with Crippen molar-refractivity contribution in [1.29, 1.82) is 5.26 Å². The van der Waals surface area contributed by atoms with Crippen LogP contribution in [-0.2, 0) is 0 Å². The van der Waals surface area contributed by atoms with Gasteiger partial charge < -0.3 is 10.1 Å². The first-order valence-corrected chi connectivity index (χ1v) is 7.51. The number of rotatable bonds is 6. The van der Waals surface area contributed by atoms with Crippen molar-refractivity contribution in [3.63, 3.8) is 0 Å². The molecule has 5 nitrogen and oxygen atoms in total. The van der Waals surface area contributed by atoms with Crippen molar-refractivity contribution in [3.8, 4) is 17.7 Å². The molecule has 0 aliphatic carbocycles. The third-order valence-electron chi connectivity index (χ3n) is 3.19. The van der Waals surface area contributed by atoms with E-state index in [0.717, 1.165) is 6.42 Å². The Hall–Kier alpha value is -2.87. The minimum absolute atomic E-state index is 0.142. The van der Waals surface area contributed by atoms with Crippen molar-refractivity contribution < 1.29 is 9.53 Å². The number of benzene rings is 1. The number of pyridine rings is 1. The monoisotopic (exact) mass is 309 g/mol. The van der Waals surface area contributed by atoms with Crippen molar-refractivity contribution in [2.75, 3.05) is 6.54 Å². The Labute approximate surface area is 135 Å². The lowest BCUT2D eigenvalue weighted by molar-refractivity contribution is 0.0951. The van der Waals surface area contributed by atoms with Crippen LogP contribution in [0.1, 0.15) is 36.2 Å². The molecule has 118 valence electrons. The smallest absolute Gasteiger partial charge is 0.252 e. The molecule has 0 saturated carbocycles. The van der Waals surface area contributed by atoms with Gasteiger partial charge in [-0.3, -0.25) is 4.79 Å². The summed E-state index contributed by atoms with van der Waals surface area (Å²) in [6.07, 6.45) is 2.42. The number of aromatic nitrogens is 1. The highest BCUT2D eigenvalue weighted by Crippen LogP contribution is 2.20. The highest BCUT2D eigenvalue weighted by Gasteiger charge is 2.07. The highest BCUT2D eigenvalue weighted by molar-refractivity contribution is 5.93. The molecule has 1 amide bonds. The molecule has 23 heavy (non-hydrogen) atoms. The summed E-state index contributed by atoms with van der Waals surface area (Å²) < 4.78 is 5.57. The second kappa shape index (κ2) is 7.95. The maximum absolute atomic E-state index is 12.0. The Morgan fingerprint density at radius 1 is 1.35 bits per heavy atom. The van der Waals surface area contributed by atoms with Crippen molar-refractivity contribution in [2.24, 2.45) is 5.92 Å². The van der Waals surface area contributed by atoms with Crippen molar-refractivity contribution >= 4 is 5.91 Å². The largest absolute Gasteiger partial charge is 0.439 e. The number of ether oxygens (including phenoxy) is 1. The van der Waals surface area contributed by atoms with Gasteiger partial charge in [0.05, 0.1) is 17.2 Å². The summed E-state index contributed by atoms with van der Waals surface area (Å²) in [7, 11) is 0. The van der Waals surface area contributed by atoms with Gasteiger partial charge in [0.15, 0.2) is 0 Å². The molecule has 0 fully saturated rings. The van der Waals surface area contributed by atoms with Crippen LogP contribution in [0.15, 0.2) is 42.6 Å². The van der Waals surface area contributed by atoms with Gasteiger partial charge in [-0.05, 0) is 36.6 Å². The van der Waals surface area contributed by atoms with Gasteiger partial charge in [0, 0.05) is 18.8 Å². The van der Waals surface area contributed by atoms with Crippen LogP contribution in [-0.4, -0.2) is 17.4 Å². The number of nitriles is 1. The molecule has 5 heteroatoms. The SMILES string of the molecule is CC(C)CCNC(=O)c1ccc(Oc2cccc(C#N)c2)nc1. The summed E-state index contributed by atoms with van der Waals surface area (Å²) >= 11 is 0. The number of nitrogens with one attached hydrogen (secondary N) is 1. The maximum atomic E-state index is 12.0. The van der Waals surface area contributed by atoms with E-state index in [2.05, 4.69) is 30.2 Å². The van der Waals surface area contributed by atoms with Gasteiger partial charge in [-0.25, -0.2) is 4.98 Å². The summed E-state index contributed by atoms with van der Waals surface area (Å²) in [4.78, 5) is 16.1. The number of nitrogens with zero attached hydrogens (tertiary/aromatic N) is 2. The summed E-state index contributed by atoms with van der Waals surface area (Å²) in [6.45, 7) is 4.87. The Balaban J connectivity index is 1.96. The van der Waals surface area contributed by atoms with Gasteiger partial charge in [-0.15, -0.1) is 0 Å². The fourth-order valence-electron chi connectivity index (χ4n) is 1.90. The number of carbonyl (C=O) groups is 1. The Kier molecular flexibility index (Phi) is 5.70. The first-order valence-electron chi connectivity index (χ1n) is 7.51. The topological polar surface area (TPSA) is 75.0 Å². The van der Waals surface area contributed by atoms with E-state index in [1.54, 1.807) is 36.4 Å². The molecule has 1 heterocycles. The highest BCUT2D eigenvalue weighted by atomic mass is 16.5. The molecule has 0 aliphatic heterocycles. The van der Waals surface area contributed by atoms with Gasteiger partial charge >= 0.3 is 0 Å². The van der Waals surface area contributed by atoms with E-state index < -0.39 is 0 Å². The first-order chi connectivity index (χ1) is 11.1. The van der Waals surface area contributed by atoms with Crippen LogP contribution in [0.3, 0.4) is 0 Å². The third-order valence-corrected chi connectivity index (χ3v) is 3.19. The van der Waals surface area contributed by atoms with Gasteiger partial charge in [-0.2, -0.15) is 5.26 Å². The lowest BCUT2D eigenvalue weighted by Gasteiger charge is -2.08. The fourth-order valence-corrected chi connectivity index (χ4v) is 1.90. The molecule has 0 spiro atoms. The minimum atomic E-state index is -0.142. The Morgan fingerprint density at radius 2 is 2.17 bits per heavy atom. The van der Waals surface area contributed by atoms with Crippen LogP contribution >= 0.6 is 0 Å². The normalized spacial score (nSPS) is 10.2. The fraction of sp³-hybridized carbons (Fsp3) is 0.278. The Bertz CT molecular complexity index is 703. The molecule has 0 radical (unpaired) electrons. The average Bonchev–Trinajstić information content (AvgIpc) is 2.55. The maximum Gasteiger partial charge on any atom is 0.252 e. The molecule has 2 aromatic rings. The predicted octanol–water partition coefficient (Wildman–Crippen LogP) is 3.52. The van der Waals surface area contributed by atoms with Crippen LogP contribution < -0.4 is 10.1 Å². The summed E-state index contributed by atoms with van der Waals surface area (Å²) in [6, 6.07) is 12.2. The molecule has 1 aromatic carbocycles. The van der Waals surface area contributed by atoms with Crippen LogP contribution in [0.2, 0.25) is 0 Å². The number of hydrogen-bond donors (Lipinski definition) is 1. The number of carbonyl (C=O) groups excluding carboxylic acids is 1. The molecule has 1 N–H and O–H groups in total. The zero-order valence-electron chi connectivity index (χ0n) is 13.2. The first kappa shape index (κ1) is 16.5. The molecule has 0 saturated heterocycles. The van der Waals surface area contributed by atoms with E-state index in [9.17, 15) is 4.79 Å². The number of amides is 1.